The van der Waals surface area contributed by atoms with Crippen LogP contribution in [0.15, 0.2) is 42.5 Å². The summed E-state index contributed by atoms with van der Waals surface area (Å²) in [5.74, 6) is 0. The molecule has 0 atom stereocenters. The van der Waals surface area contributed by atoms with Gasteiger partial charge in [-0.05, 0) is 49.7 Å². The van der Waals surface area contributed by atoms with E-state index < -0.39 is 0 Å². The number of hydrogen-bond donors (Lipinski definition) is 2. The van der Waals surface area contributed by atoms with E-state index in [-0.39, 0.29) is 6.03 Å². The molecule has 2 rings (SSSR count). The highest BCUT2D eigenvalue weighted by Gasteiger charge is 2.05. The molecule has 0 radical (unpaired) electrons. The van der Waals surface area contributed by atoms with Gasteiger partial charge in [-0.1, -0.05) is 17.7 Å². The van der Waals surface area contributed by atoms with Gasteiger partial charge in [0.1, 0.15) is 0 Å². The SMILES string of the molecule is Cc1ccc(NC(=O)Nc2ccc(N(C)C)cc2)c(C)c1. The fraction of sp³-hybridized carbons (Fsp3) is 0.235. The van der Waals surface area contributed by atoms with E-state index in [4.69, 9.17) is 0 Å². The van der Waals surface area contributed by atoms with Gasteiger partial charge in [-0.15, -0.1) is 0 Å². The molecule has 2 aromatic carbocycles. The fourth-order valence-electron chi connectivity index (χ4n) is 2.08. The van der Waals surface area contributed by atoms with Crippen LogP contribution in [-0.4, -0.2) is 20.1 Å². The van der Waals surface area contributed by atoms with Crippen LogP contribution in [0.4, 0.5) is 21.9 Å². The number of amides is 2. The second kappa shape index (κ2) is 6.31. The number of benzene rings is 2. The molecule has 0 heterocycles. The average molecular weight is 283 g/mol. The Morgan fingerprint density at radius 2 is 1.62 bits per heavy atom. The van der Waals surface area contributed by atoms with Gasteiger partial charge in [0.2, 0.25) is 0 Å². The van der Waals surface area contributed by atoms with Crippen LogP contribution in [0, 0.1) is 13.8 Å². The predicted molar refractivity (Wildman–Crippen MR) is 89.3 cm³/mol. The van der Waals surface area contributed by atoms with Gasteiger partial charge in [-0.3, -0.25) is 0 Å². The van der Waals surface area contributed by atoms with Gasteiger partial charge in [-0.2, -0.15) is 0 Å². The number of anilines is 3. The van der Waals surface area contributed by atoms with E-state index in [0.29, 0.717) is 0 Å². The van der Waals surface area contributed by atoms with Crippen LogP contribution in [0.3, 0.4) is 0 Å². The van der Waals surface area contributed by atoms with Crippen molar-refractivity contribution in [2.45, 2.75) is 13.8 Å². The monoisotopic (exact) mass is 283 g/mol. The van der Waals surface area contributed by atoms with E-state index in [1.54, 1.807) is 0 Å². The summed E-state index contributed by atoms with van der Waals surface area (Å²) in [7, 11) is 3.96. The summed E-state index contributed by atoms with van der Waals surface area (Å²) in [5.41, 5.74) is 4.91. The van der Waals surface area contributed by atoms with Gasteiger partial charge in [0, 0.05) is 31.2 Å². The van der Waals surface area contributed by atoms with Crippen LogP contribution < -0.4 is 15.5 Å². The van der Waals surface area contributed by atoms with E-state index in [2.05, 4.69) is 10.6 Å². The molecule has 2 aromatic rings. The Hall–Kier alpha value is -2.49. The van der Waals surface area contributed by atoms with E-state index in [1.807, 2.05) is 75.3 Å². The minimum Gasteiger partial charge on any atom is -0.378 e. The Bertz CT molecular complexity index is 633. The highest BCUT2D eigenvalue weighted by molar-refractivity contribution is 6.00. The van der Waals surface area contributed by atoms with Crippen molar-refractivity contribution in [2.24, 2.45) is 0 Å². The standard InChI is InChI=1S/C17H21N3O/c1-12-5-10-16(13(2)11-12)19-17(21)18-14-6-8-15(9-7-14)20(3)4/h5-11H,1-4H3,(H2,18,19,21). The zero-order chi connectivity index (χ0) is 15.4. The Balaban J connectivity index is 2.01. The lowest BCUT2D eigenvalue weighted by molar-refractivity contribution is 0.262. The Morgan fingerprint density at radius 1 is 0.952 bits per heavy atom. The Kier molecular flexibility index (Phi) is 4.48. The molecule has 0 fully saturated rings. The molecular weight excluding hydrogens is 262 g/mol. The number of carbonyl (C=O) groups is 1. The third-order valence-electron chi connectivity index (χ3n) is 3.27. The van der Waals surface area contributed by atoms with Gasteiger partial charge in [0.05, 0.1) is 0 Å². The summed E-state index contributed by atoms with van der Waals surface area (Å²) in [5, 5.41) is 5.69. The van der Waals surface area contributed by atoms with Crippen molar-refractivity contribution in [1.29, 1.82) is 0 Å². The molecule has 2 N–H and O–H groups in total. The molecule has 0 aliphatic rings. The minimum absolute atomic E-state index is 0.237. The van der Waals surface area contributed by atoms with Crippen molar-refractivity contribution in [3.8, 4) is 0 Å². The lowest BCUT2D eigenvalue weighted by Crippen LogP contribution is -2.20. The zero-order valence-corrected chi connectivity index (χ0v) is 12.9. The van der Waals surface area contributed by atoms with Gasteiger partial charge in [0.15, 0.2) is 0 Å². The molecule has 21 heavy (non-hydrogen) atoms. The maximum Gasteiger partial charge on any atom is 0.323 e. The first-order valence-corrected chi connectivity index (χ1v) is 6.88. The van der Waals surface area contributed by atoms with Crippen molar-refractivity contribution in [3.05, 3.63) is 53.6 Å². The smallest absolute Gasteiger partial charge is 0.323 e. The number of nitrogens with one attached hydrogen (secondary N) is 2. The van der Waals surface area contributed by atoms with Crippen molar-refractivity contribution in [1.82, 2.24) is 0 Å². The van der Waals surface area contributed by atoms with Crippen LogP contribution >= 0.6 is 0 Å². The van der Waals surface area contributed by atoms with Crippen molar-refractivity contribution >= 4 is 23.1 Å². The maximum absolute atomic E-state index is 12.0. The first kappa shape index (κ1) is 14.9. The van der Waals surface area contributed by atoms with Crippen LogP contribution in [0.1, 0.15) is 11.1 Å². The number of urea groups is 1. The summed E-state index contributed by atoms with van der Waals surface area (Å²) in [6, 6.07) is 13.4. The molecule has 0 saturated carbocycles. The zero-order valence-electron chi connectivity index (χ0n) is 12.9. The molecule has 0 spiro atoms. The molecule has 110 valence electrons. The molecule has 0 saturated heterocycles. The van der Waals surface area contributed by atoms with E-state index in [0.717, 1.165) is 22.6 Å². The van der Waals surface area contributed by atoms with Gasteiger partial charge < -0.3 is 15.5 Å². The van der Waals surface area contributed by atoms with Crippen molar-refractivity contribution in [2.75, 3.05) is 29.6 Å². The van der Waals surface area contributed by atoms with Crippen LogP contribution in [0.5, 0.6) is 0 Å². The van der Waals surface area contributed by atoms with Crippen molar-refractivity contribution < 1.29 is 4.79 Å². The first-order chi connectivity index (χ1) is 9.95. The van der Waals surface area contributed by atoms with Gasteiger partial charge >= 0.3 is 6.03 Å². The summed E-state index contributed by atoms with van der Waals surface area (Å²) in [6.45, 7) is 4.01. The van der Waals surface area contributed by atoms with Crippen LogP contribution in [0.25, 0.3) is 0 Å². The quantitative estimate of drug-likeness (QED) is 0.893. The van der Waals surface area contributed by atoms with E-state index in [9.17, 15) is 4.79 Å². The fourth-order valence-corrected chi connectivity index (χ4v) is 2.08. The molecule has 4 nitrogen and oxygen atoms in total. The van der Waals surface area contributed by atoms with E-state index >= 15 is 0 Å². The van der Waals surface area contributed by atoms with Gasteiger partial charge in [-0.25, -0.2) is 4.79 Å². The van der Waals surface area contributed by atoms with Crippen molar-refractivity contribution in [3.63, 3.8) is 0 Å². The number of nitrogens with zero attached hydrogens (tertiary/aromatic N) is 1. The number of hydrogen-bond acceptors (Lipinski definition) is 2. The second-order valence-corrected chi connectivity index (χ2v) is 5.34. The first-order valence-electron chi connectivity index (χ1n) is 6.88. The normalized spacial score (nSPS) is 10.1. The molecule has 4 heteroatoms. The summed E-state index contributed by atoms with van der Waals surface area (Å²) < 4.78 is 0. The number of rotatable bonds is 3. The highest BCUT2D eigenvalue weighted by atomic mass is 16.2. The van der Waals surface area contributed by atoms with E-state index in [1.165, 1.54) is 5.56 Å². The van der Waals surface area contributed by atoms with Crippen LogP contribution in [0.2, 0.25) is 0 Å². The Labute approximate surface area is 125 Å². The highest BCUT2D eigenvalue weighted by Crippen LogP contribution is 2.18. The number of aryl methyl sites for hydroxylation is 2. The molecule has 0 aliphatic carbocycles. The second-order valence-electron chi connectivity index (χ2n) is 5.34. The lowest BCUT2D eigenvalue weighted by atomic mass is 10.1. The third kappa shape index (κ3) is 3.99. The predicted octanol–water partition coefficient (Wildman–Crippen LogP) is 4.01. The van der Waals surface area contributed by atoms with Gasteiger partial charge in [0.25, 0.3) is 0 Å². The molecule has 0 unspecified atom stereocenters. The average Bonchev–Trinajstić information content (AvgIpc) is 2.42. The summed E-state index contributed by atoms with van der Waals surface area (Å²) in [6.07, 6.45) is 0. The maximum atomic E-state index is 12.0. The largest absolute Gasteiger partial charge is 0.378 e. The molecular formula is C17H21N3O. The third-order valence-corrected chi connectivity index (χ3v) is 3.27. The number of carbonyl (C=O) groups excluding carboxylic acids is 1. The van der Waals surface area contributed by atoms with Crippen LogP contribution in [-0.2, 0) is 0 Å². The Morgan fingerprint density at radius 3 is 2.19 bits per heavy atom. The lowest BCUT2D eigenvalue weighted by Gasteiger charge is -2.14. The summed E-state index contributed by atoms with van der Waals surface area (Å²) in [4.78, 5) is 14.0. The minimum atomic E-state index is -0.237. The molecule has 2 amide bonds. The summed E-state index contributed by atoms with van der Waals surface area (Å²) >= 11 is 0. The molecule has 0 aliphatic heterocycles. The topological polar surface area (TPSA) is 44.4 Å². The molecule has 0 bridgehead atoms. The molecule has 0 aromatic heterocycles.